The Hall–Kier alpha value is -3.62. The number of allylic oxidation sites excluding steroid dienone is 10. The fourth-order valence-corrected chi connectivity index (χ4v) is 3.16. The van der Waals surface area contributed by atoms with Crippen molar-refractivity contribution >= 4 is 23.9 Å². The molecule has 210 valence electrons. The van der Waals surface area contributed by atoms with E-state index in [1.807, 2.05) is 21.0 Å². The first-order chi connectivity index (χ1) is 18.4. The van der Waals surface area contributed by atoms with Crippen LogP contribution in [0.4, 0.5) is 4.79 Å². The topological polar surface area (TPSA) is 107 Å². The van der Waals surface area contributed by atoms with Gasteiger partial charge in [0.1, 0.15) is 12.8 Å². The zero-order valence-corrected chi connectivity index (χ0v) is 23.5. The second-order valence-electron chi connectivity index (χ2n) is 8.79. The Labute approximate surface area is 228 Å². The van der Waals surface area contributed by atoms with E-state index in [4.69, 9.17) is 4.74 Å². The molecule has 2 amide bonds. The number of unbranched alkanes of at least 4 members (excludes halogenated alkanes) is 1. The molecule has 0 aromatic carbocycles. The van der Waals surface area contributed by atoms with E-state index in [-0.39, 0.29) is 31.2 Å². The van der Waals surface area contributed by atoms with Crippen LogP contribution in [0.5, 0.6) is 0 Å². The Morgan fingerprint density at radius 1 is 0.921 bits per heavy atom. The number of amides is 2. The van der Waals surface area contributed by atoms with Gasteiger partial charge in [0.15, 0.2) is 0 Å². The first-order valence-corrected chi connectivity index (χ1v) is 13.5. The van der Waals surface area contributed by atoms with Crippen LogP contribution >= 0.6 is 0 Å². The minimum Gasteiger partial charge on any atom is -0.447 e. The van der Waals surface area contributed by atoms with Gasteiger partial charge in [0.25, 0.3) is 0 Å². The average molecular weight is 527 g/mol. The number of alkyl carbamates (subject to hydrolysis) is 1. The van der Waals surface area contributed by atoms with Crippen LogP contribution in [0.15, 0.2) is 70.7 Å². The van der Waals surface area contributed by atoms with Gasteiger partial charge in [0.2, 0.25) is 17.8 Å². The predicted molar refractivity (Wildman–Crippen MR) is 157 cm³/mol. The van der Waals surface area contributed by atoms with Crippen LogP contribution in [0.3, 0.4) is 0 Å². The molecule has 0 aliphatic carbocycles. The zero-order chi connectivity index (χ0) is 27.8. The number of nitrogens with zero attached hydrogens (tertiary/aromatic N) is 3. The fourth-order valence-electron chi connectivity index (χ4n) is 3.16. The van der Waals surface area contributed by atoms with Crippen LogP contribution in [0.1, 0.15) is 65.2 Å². The first kappa shape index (κ1) is 32.4. The van der Waals surface area contributed by atoms with Gasteiger partial charge in [-0.15, -0.1) is 0 Å². The fraction of sp³-hybridized carbons (Fsp3) is 0.517. The molecule has 0 radical (unpaired) electrons. The molecule has 0 fully saturated rings. The summed E-state index contributed by atoms with van der Waals surface area (Å²) in [4.78, 5) is 34.2. The van der Waals surface area contributed by atoms with Crippen molar-refractivity contribution < 1.29 is 14.3 Å². The number of carbonyl (C=O) groups is 2. The molecule has 1 aliphatic rings. The quantitative estimate of drug-likeness (QED) is 0.194. The summed E-state index contributed by atoms with van der Waals surface area (Å²) in [6.45, 7) is 4.29. The van der Waals surface area contributed by atoms with E-state index >= 15 is 0 Å². The predicted octanol–water partition coefficient (Wildman–Crippen LogP) is 4.97. The Morgan fingerprint density at radius 3 is 2.08 bits per heavy atom. The maximum absolute atomic E-state index is 11.9. The van der Waals surface area contributed by atoms with Crippen LogP contribution in [0, 0.1) is 0 Å². The number of aliphatic imine (C=N–C) groups is 2. The van der Waals surface area contributed by atoms with Gasteiger partial charge in [-0.25, -0.2) is 14.8 Å². The van der Waals surface area contributed by atoms with Gasteiger partial charge in [0, 0.05) is 20.5 Å². The Kier molecular flexibility index (Phi) is 18.3. The number of hydrogen-bond acceptors (Lipinski definition) is 7. The van der Waals surface area contributed by atoms with E-state index in [1.54, 1.807) is 4.90 Å². The van der Waals surface area contributed by atoms with E-state index in [0.717, 1.165) is 44.9 Å². The lowest BCUT2D eigenvalue weighted by Gasteiger charge is -2.23. The van der Waals surface area contributed by atoms with Gasteiger partial charge >= 0.3 is 6.09 Å². The molecule has 1 atom stereocenters. The summed E-state index contributed by atoms with van der Waals surface area (Å²) in [7, 11) is 3.68. The van der Waals surface area contributed by atoms with Crippen LogP contribution in [0.2, 0.25) is 0 Å². The Morgan fingerprint density at radius 2 is 1.50 bits per heavy atom. The Bertz CT molecular complexity index is 900. The highest BCUT2D eigenvalue weighted by atomic mass is 16.5. The van der Waals surface area contributed by atoms with Gasteiger partial charge in [-0.3, -0.25) is 15.4 Å². The van der Waals surface area contributed by atoms with Crippen molar-refractivity contribution in [2.24, 2.45) is 9.98 Å². The molecular weight excluding hydrogens is 480 g/mol. The molecule has 0 aromatic rings. The van der Waals surface area contributed by atoms with Crippen molar-refractivity contribution in [3.63, 3.8) is 0 Å². The number of guanidine groups is 2. The first-order valence-electron chi connectivity index (χ1n) is 13.5. The standard InChI is InChI=1S/C29H46N6O3/c1-5-6-7-8-9-10-11-12-13-14-15-16-17-18-19-20-21-22-26(36)30-23-24-38-29(37)34-27-31-25(2)32-28(33-27)35(3)4/h6-7,9-10,12-13,15-16,18-19,25H,5,8,11,14,17,20-24H2,1-4H3,(H,30,36)(H2,31,32,33,34,37). The summed E-state index contributed by atoms with van der Waals surface area (Å²) in [6.07, 6.45) is 27.7. The lowest BCUT2D eigenvalue weighted by molar-refractivity contribution is -0.121. The molecule has 1 unspecified atom stereocenters. The molecule has 3 N–H and O–H groups in total. The molecule has 0 saturated carbocycles. The number of hydrogen-bond donors (Lipinski definition) is 3. The summed E-state index contributed by atoms with van der Waals surface area (Å²) in [6, 6.07) is 0. The summed E-state index contributed by atoms with van der Waals surface area (Å²) < 4.78 is 5.10. The number of nitrogens with one attached hydrogen (secondary N) is 3. The maximum atomic E-state index is 11.9. The molecule has 0 spiro atoms. The lowest BCUT2D eigenvalue weighted by atomic mass is 10.2. The number of ether oxygens (including phenoxy) is 1. The van der Waals surface area contributed by atoms with E-state index < -0.39 is 6.09 Å². The molecule has 1 heterocycles. The molecule has 9 nitrogen and oxygen atoms in total. The highest BCUT2D eigenvalue weighted by molar-refractivity contribution is 6.05. The number of rotatable bonds is 16. The van der Waals surface area contributed by atoms with E-state index in [0.29, 0.717) is 12.4 Å². The van der Waals surface area contributed by atoms with Crippen LogP contribution in [0.25, 0.3) is 0 Å². The van der Waals surface area contributed by atoms with Gasteiger partial charge in [-0.05, 0) is 51.9 Å². The minimum absolute atomic E-state index is 0.0552. The van der Waals surface area contributed by atoms with Crippen molar-refractivity contribution in [3.8, 4) is 0 Å². The maximum Gasteiger partial charge on any atom is 0.414 e. The van der Waals surface area contributed by atoms with Crippen molar-refractivity contribution in [2.45, 2.75) is 71.4 Å². The molecule has 9 heteroatoms. The average Bonchev–Trinajstić information content (AvgIpc) is 2.88. The molecule has 0 bridgehead atoms. The minimum atomic E-state index is -0.643. The molecule has 1 rings (SSSR count). The van der Waals surface area contributed by atoms with Crippen molar-refractivity contribution in [3.05, 3.63) is 60.8 Å². The van der Waals surface area contributed by atoms with E-state index in [2.05, 4.69) is 93.6 Å². The molecule has 0 aromatic heterocycles. The van der Waals surface area contributed by atoms with E-state index in [9.17, 15) is 9.59 Å². The van der Waals surface area contributed by atoms with Gasteiger partial charge < -0.3 is 15.0 Å². The SMILES string of the molecule is CCC=CCC=CCC=CCC=CCC=CCCCC(=O)NCCOC(=O)NC1=NC(C)N=C(N(C)C)N1. The zero-order valence-electron chi connectivity index (χ0n) is 23.5. The van der Waals surface area contributed by atoms with Crippen molar-refractivity contribution in [1.29, 1.82) is 0 Å². The summed E-state index contributed by atoms with van der Waals surface area (Å²) in [5.74, 6) is 0.820. The third-order valence-electron chi connectivity index (χ3n) is 5.09. The molecule has 38 heavy (non-hydrogen) atoms. The van der Waals surface area contributed by atoms with Crippen LogP contribution in [-0.2, 0) is 9.53 Å². The molecule has 0 saturated heterocycles. The second kappa shape index (κ2) is 21.5. The summed E-state index contributed by atoms with van der Waals surface area (Å²) in [5.41, 5.74) is 0. The number of carbonyl (C=O) groups excluding carboxylic acids is 2. The molecule has 1 aliphatic heterocycles. The van der Waals surface area contributed by atoms with Crippen molar-refractivity contribution in [1.82, 2.24) is 20.9 Å². The normalized spacial score (nSPS) is 15.8. The summed E-state index contributed by atoms with van der Waals surface area (Å²) in [5, 5.41) is 8.22. The third-order valence-corrected chi connectivity index (χ3v) is 5.09. The van der Waals surface area contributed by atoms with Gasteiger partial charge in [0.05, 0.1) is 6.54 Å². The highest BCUT2D eigenvalue weighted by Crippen LogP contribution is 2.01. The van der Waals surface area contributed by atoms with Gasteiger partial charge in [-0.2, -0.15) is 0 Å². The second-order valence-corrected chi connectivity index (χ2v) is 8.79. The summed E-state index contributed by atoms with van der Waals surface area (Å²) >= 11 is 0. The third kappa shape index (κ3) is 17.8. The Balaban J connectivity index is 2.01. The highest BCUT2D eigenvalue weighted by Gasteiger charge is 2.17. The van der Waals surface area contributed by atoms with Gasteiger partial charge in [-0.1, -0.05) is 67.7 Å². The molecular formula is C29H46N6O3. The van der Waals surface area contributed by atoms with Crippen LogP contribution < -0.4 is 16.0 Å². The lowest BCUT2D eigenvalue weighted by Crippen LogP contribution is -2.51. The van der Waals surface area contributed by atoms with E-state index in [1.165, 1.54) is 0 Å². The van der Waals surface area contributed by atoms with Crippen LogP contribution in [-0.4, -0.2) is 62.2 Å². The smallest absolute Gasteiger partial charge is 0.414 e. The monoisotopic (exact) mass is 526 g/mol. The van der Waals surface area contributed by atoms with Crippen molar-refractivity contribution in [2.75, 3.05) is 27.2 Å². The largest absolute Gasteiger partial charge is 0.447 e.